The third kappa shape index (κ3) is 3.34. The van der Waals surface area contributed by atoms with E-state index in [1.165, 1.54) is 12.1 Å². The Morgan fingerprint density at radius 3 is 2.41 bits per heavy atom. The molecule has 0 spiro atoms. The molecule has 17 heavy (non-hydrogen) atoms. The van der Waals surface area contributed by atoms with Crippen molar-refractivity contribution < 1.29 is 8.42 Å². The van der Waals surface area contributed by atoms with E-state index in [2.05, 4.69) is 6.92 Å². The first kappa shape index (κ1) is 13.8. The van der Waals surface area contributed by atoms with Gasteiger partial charge in [-0.3, -0.25) is 0 Å². The van der Waals surface area contributed by atoms with E-state index in [4.69, 9.17) is 10.9 Å². The molecule has 4 N–H and O–H groups in total. The maximum atomic E-state index is 11.3. The fraction of sp³-hybridized carbons (Fsp3) is 0.455. The summed E-state index contributed by atoms with van der Waals surface area (Å²) in [6, 6.07) is 4.53. The highest BCUT2D eigenvalue weighted by atomic mass is 32.2. The smallest absolute Gasteiger partial charge is 0.238 e. The highest BCUT2D eigenvalue weighted by molar-refractivity contribution is 7.89. The number of rotatable bonds is 5. The van der Waals surface area contributed by atoms with Gasteiger partial charge in [0.15, 0.2) is 0 Å². The Balaban J connectivity index is 3.22. The van der Waals surface area contributed by atoms with E-state index in [1.54, 1.807) is 6.07 Å². The monoisotopic (exact) mass is 257 g/mol. The van der Waals surface area contributed by atoms with Crippen molar-refractivity contribution in [3.63, 3.8) is 0 Å². The Morgan fingerprint density at radius 1 is 1.29 bits per heavy atom. The van der Waals surface area contributed by atoms with Crippen molar-refractivity contribution in [1.29, 1.82) is 0 Å². The van der Waals surface area contributed by atoms with Crippen LogP contribution in [0.25, 0.3) is 0 Å². The van der Waals surface area contributed by atoms with Crippen molar-refractivity contribution in [2.24, 2.45) is 5.14 Å². The van der Waals surface area contributed by atoms with E-state index in [9.17, 15) is 8.42 Å². The maximum Gasteiger partial charge on any atom is 0.238 e. The number of sulfonamides is 1. The van der Waals surface area contributed by atoms with Gasteiger partial charge in [-0.15, -0.1) is 0 Å². The van der Waals surface area contributed by atoms with Gasteiger partial charge in [-0.1, -0.05) is 6.92 Å². The second kappa shape index (κ2) is 5.37. The Kier molecular flexibility index (Phi) is 4.36. The van der Waals surface area contributed by atoms with Gasteiger partial charge in [0.25, 0.3) is 0 Å². The summed E-state index contributed by atoms with van der Waals surface area (Å²) in [4.78, 5) is 2.13. The Bertz CT molecular complexity index is 485. The van der Waals surface area contributed by atoms with Crippen molar-refractivity contribution in [2.45, 2.75) is 25.2 Å². The first-order valence-corrected chi connectivity index (χ1v) is 7.12. The molecule has 6 heteroatoms. The minimum atomic E-state index is -3.68. The molecule has 0 unspecified atom stereocenters. The Labute approximate surface area is 102 Å². The number of nitrogens with two attached hydrogens (primary N) is 2. The molecular weight excluding hydrogens is 238 g/mol. The van der Waals surface area contributed by atoms with Gasteiger partial charge in [-0.2, -0.15) is 0 Å². The van der Waals surface area contributed by atoms with Gasteiger partial charge in [-0.25, -0.2) is 13.6 Å². The van der Waals surface area contributed by atoms with E-state index in [-0.39, 0.29) is 4.90 Å². The lowest BCUT2D eigenvalue weighted by atomic mass is 10.2. The van der Waals surface area contributed by atoms with Gasteiger partial charge in [0.1, 0.15) is 0 Å². The predicted molar refractivity (Wildman–Crippen MR) is 70.4 cm³/mol. The molecule has 0 radical (unpaired) electrons. The summed E-state index contributed by atoms with van der Waals surface area (Å²) >= 11 is 0. The second-order valence-electron chi connectivity index (χ2n) is 3.85. The van der Waals surface area contributed by atoms with E-state index in [0.717, 1.165) is 25.2 Å². The molecule has 96 valence electrons. The van der Waals surface area contributed by atoms with Crippen molar-refractivity contribution in [3.8, 4) is 0 Å². The van der Waals surface area contributed by atoms with Crippen LogP contribution in [-0.4, -0.2) is 21.5 Å². The molecule has 0 aliphatic rings. The van der Waals surface area contributed by atoms with Gasteiger partial charge in [0.2, 0.25) is 10.0 Å². The normalized spacial score (nSPS) is 11.5. The van der Waals surface area contributed by atoms with Crippen molar-refractivity contribution in [1.82, 2.24) is 0 Å². The average molecular weight is 257 g/mol. The highest BCUT2D eigenvalue weighted by Crippen LogP contribution is 2.26. The fourth-order valence-corrected chi connectivity index (χ4v) is 2.23. The lowest BCUT2D eigenvalue weighted by Gasteiger charge is -2.24. The van der Waals surface area contributed by atoms with Gasteiger partial charge in [0, 0.05) is 13.1 Å². The van der Waals surface area contributed by atoms with Crippen molar-refractivity contribution in [2.75, 3.05) is 23.7 Å². The van der Waals surface area contributed by atoms with E-state index < -0.39 is 10.0 Å². The molecule has 5 nitrogen and oxygen atoms in total. The van der Waals surface area contributed by atoms with Gasteiger partial charge in [0.05, 0.1) is 16.3 Å². The standard InChI is InChI=1S/C11H19N3O2S/c1-3-7-14(4-2)11-8-9(17(13,15)16)5-6-10(11)12/h5-6,8H,3-4,7,12H2,1-2H3,(H2,13,15,16). The molecule has 1 rings (SSSR count). The van der Waals surface area contributed by atoms with Crippen LogP contribution < -0.4 is 15.8 Å². The highest BCUT2D eigenvalue weighted by Gasteiger charge is 2.13. The molecule has 1 aromatic rings. The van der Waals surface area contributed by atoms with Gasteiger partial charge in [-0.05, 0) is 31.5 Å². The van der Waals surface area contributed by atoms with Crippen LogP contribution in [0.3, 0.4) is 0 Å². The molecule has 0 aliphatic heterocycles. The van der Waals surface area contributed by atoms with Crippen molar-refractivity contribution in [3.05, 3.63) is 18.2 Å². The Morgan fingerprint density at radius 2 is 1.94 bits per heavy atom. The fourth-order valence-electron chi connectivity index (χ4n) is 1.69. The Hall–Kier alpha value is -1.27. The summed E-state index contributed by atoms with van der Waals surface area (Å²) in [6.07, 6.45) is 0.965. The molecule has 0 saturated carbocycles. The molecule has 0 bridgehead atoms. The summed E-state index contributed by atoms with van der Waals surface area (Å²) in [5, 5.41) is 5.10. The molecule has 0 aromatic heterocycles. The second-order valence-corrected chi connectivity index (χ2v) is 5.41. The number of benzene rings is 1. The predicted octanol–water partition coefficient (Wildman–Crippen LogP) is 1.15. The van der Waals surface area contributed by atoms with Crippen molar-refractivity contribution >= 4 is 21.4 Å². The summed E-state index contributed by atoms with van der Waals surface area (Å²) in [5.41, 5.74) is 7.15. The zero-order chi connectivity index (χ0) is 13.1. The summed E-state index contributed by atoms with van der Waals surface area (Å²) in [5.74, 6) is 0. The van der Waals surface area contributed by atoms with E-state index >= 15 is 0 Å². The van der Waals surface area contributed by atoms with E-state index in [1.807, 2.05) is 11.8 Å². The third-order valence-electron chi connectivity index (χ3n) is 2.55. The van der Waals surface area contributed by atoms with E-state index in [0.29, 0.717) is 5.69 Å². The molecule has 0 amide bonds. The summed E-state index contributed by atoms with van der Waals surface area (Å²) < 4.78 is 22.6. The third-order valence-corrected chi connectivity index (χ3v) is 3.46. The number of primary sulfonamides is 1. The van der Waals surface area contributed by atoms with Gasteiger partial charge < -0.3 is 10.6 Å². The van der Waals surface area contributed by atoms with Crippen LogP contribution in [0.1, 0.15) is 20.3 Å². The molecule has 0 atom stereocenters. The number of hydrogen-bond acceptors (Lipinski definition) is 4. The first-order valence-electron chi connectivity index (χ1n) is 5.57. The summed E-state index contributed by atoms with van der Waals surface area (Å²) in [6.45, 7) is 5.65. The topological polar surface area (TPSA) is 89.4 Å². The van der Waals surface area contributed by atoms with Crippen LogP contribution in [0.5, 0.6) is 0 Å². The minimum Gasteiger partial charge on any atom is -0.397 e. The number of anilines is 2. The van der Waals surface area contributed by atoms with Crippen LogP contribution in [-0.2, 0) is 10.0 Å². The van der Waals surface area contributed by atoms with Crippen LogP contribution >= 0.6 is 0 Å². The van der Waals surface area contributed by atoms with Crippen LogP contribution in [0, 0.1) is 0 Å². The molecule has 0 saturated heterocycles. The minimum absolute atomic E-state index is 0.0938. The molecule has 0 fully saturated rings. The largest absolute Gasteiger partial charge is 0.397 e. The number of nitrogens with zero attached hydrogens (tertiary/aromatic N) is 1. The quantitative estimate of drug-likeness (QED) is 0.774. The molecular formula is C11H19N3O2S. The molecule has 1 aromatic carbocycles. The number of hydrogen-bond donors (Lipinski definition) is 2. The van der Waals surface area contributed by atoms with Crippen LogP contribution in [0.15, 0.2) is 23.1 Å². The van der Waals surface area contributed by atoms with Gasteiger partial charge >= 0.3 is 0 Å². The lowest BCUT2D eigenvalue weighted by Crippen LogP contribution is -2.25. The zero-order valence-electron chi connectivity index (χ0n) is 10.2. The average Bonchev–Trinajstić information content (AvgIpc) is 2.25. The zero-order valence-corrected chi connectivity index (χ0v) is 11.0. The number of nitrogen functional groups attached to an aromatic ring is 1. The lowest BCUT2D eigenvalue weighted by molar-refractivity contribution is 0.598. The molecule has 0 aliphatic carbocycles. The maximum absolute atomic E-state index is 11.3. The SMILES string of the molecule is CCCN(CC)c1cc(S(N)(=O)=O)ccc1N. The first-order chi connectivity index (χ1) is 7.90. The molecule has 0 heterocycles. The summed E-state index contributed by atoms with van der Waals surface area (Å²) in [7, 11) is -3.68. The van der Waals surface area contributed by atoms with Crippen LogP contribution in [0.4, 0.5) is 11.4 Å². The van der Waals surface area contributed by atoms with Crippen LogP contribution in [0.2, 0.25) is 0 Å².